The first kappa shape index (κ1) is 19.6. The van der Waals surface area contributed by atoms with Gasteiger partial charge in [-0.25, -0.2) is 4.98 Å². The van der Waals surface area contributed by atoms with Gasteiger partial charge in [0.25, 0.3) is 0 Å². The lowest BCUT2D eigenvalue weighted by molar-refractivity contribution is -0.111. The summed E-state index contributed by atoms with van der Waals surface area (Å²) in [6.45, 7) is 0. The highest BCUT2D eigenvalue weighted by Crippen LogP contribution is 2.29. The van der Waals surface area contributed by atoms with Crippen molar-refractivity contribution in [1.82, 2.24) is 4.98 Å². The Labute approximate surface area is 179 Å². The zero-order valence-electron chi connectivity index (χ0n) is 16.4. The number of rotatable bonds is 6. The summed E-state index contributed by atoms with van der Waals surface area (Å²) < 4.78 is 5.14. The summed E-state index contributed by atoms with van der Waals surface area (Å²) in [5, 5.41) is 5.92. The maximum atomic E-state index is 12.3. The van der Waals surface area contributed by atoms with Crippen molar-refractivity contribution in [2.45, 2.75) is 0 Å². The number of nitrogens with zero attached hydrogens (tertiary/aromatic N) is 1. The van der Waals surface area contributed by atoms with Crippen LogP contribution < -0.4 is 10.1 Å². The Balaban J connectivity index is 1.45. The van der Waals surface area contributed by atoms with Gasteiger partial charge in [0, 0.05) is 28.3 Å². The fraction of sp³-hybridized carbons (Fsp3) is 0.0400. The summed E-state index contributed by atoms with van der Waals surface area (Å²) in [6.07, 6.45) is 3.29. The van der Waals surface area contributed by atoms with E-state index < -0.39 is 0 Å². The number of ether oxygens (including phenoxy) is 1. The Morgan fingerprint density at radius 2 is 1.73 bits per heavy atom. The fourth-order valence-corrected chi connectivity index (χ4v) is 3.78. The topological polar surface area (TPSA) is 51.2 Å². The molecule has 148 valence electrons. The van der Waals surface area contributed by atoms with Gasteiger partial charge >= 0.3 is 0 Å². The molecule has 0 bridgehead atoms. The van der Waals surface area contributed by atoms with Crippen molar-refractivity contribution in [1.29, 1.82) is 0 Å². The van der Waals surface area contributed by atoms with Gasteiger partial charge in [0.15, 0.2) is 0 Å². The summed E-state index contributed by atoms with van der Waals surface area (Å²) in [7, 11) is 1.63. The summed E-state index contributed by atoms with van der Waals surface area (Å²) in [5.41, 5.74) is 4.61. The van der Waals surface area contributed by atoms with Crippen molar-refractivity contribution in [3.05, 3.63) is 95.9 Å². The van der Waals surface area contributed by atoms with Gasteiger partial charge in [0.1, 0.15) is 10.8 Å². The first-order valence-electron chi connectivity index (χ1n) is 9.46. The number of benzene rings is 3. The monoisotopic (exact) mass is 412 g/mol. The zero-order chi connectivity index (χ0) is 20.8. The van der Waals surface area contributed by atoms with E-state index in [1.165, 1.54) is 6.08 Å². The van der Waals surface area contributed by atoms with E-state index in [4.69, 9.17) is 9.72 Å². The van der Waals surface area contributed by atoms with Crippen LogP contribution >= 0.6 is 11.3 Å². The van der Waals surface area contributed by atoms with Gasteiger partial charge in [-0.05, 0) is 35.9 Å². The van der Waals surface area contributed by atoms with Crippen LogP contribution in [0.15, 0.2) is 90.3 Å². The van der Waals surface area contributed by atoms with Crippen molar-refractivity contribution in [3.8, 4) is 27.6 Å². The number of carbonyl (C=O) groups is 1. The molecule has 0 aliphatic rings. The largest absolute Gasteiger partial charge is 0.497 e. The molecule has 0 spiro atoms. The second-order valence-electron chi connectivity index (χ2n) is 6.58. The van der Waals surface area contributed by atoms with Crippen LogP contribution in [0.25, 0.3) is 27.9 Å². The Morgan fingerprint density at radius 1 is 0.967 bits per heavy atom. The Morgan fingerprint density at radius 3 is 2.50 bits per heavy atom. The third-order valence-electron chi connectivity index (χ3n) is 4.49. The second-order valence-corrected chi connectivity index (χ2v) is 7.44. The number of nitrogens with one attached hydrogen (secondary N) is 1. The quantitative estimate of drug-likeness (QED) is 0.387. The molecule has 4 nitrogen and oxygen atoms in total. The molecule has 1 aromatic heterocycles. The third kappa shape index (κ3) is 4.82. The minimum absolute atomic E-state index is 0.189. The number of amides is 1. The van der Waals surface area contributed by atoms with Gasteiger partial charge in [-0.2, -0.15) is 0 Å². The molecule has 1 N–H and O–H groups in total. The maximum Gasteiger partial charge on any atom is 0.248 e. The Kier molecular flexibility index (Phi) is 6.01. The van der Waals surface area contributed by atoms with Crippen molar-refractivity contribution in [2.24, 2.45) is 0 Å². The zero-order valence-corrected chi connectivity index (χ0v) is 17.2. The third-order valence-corrected chi connectivity index (χ3v) is 5.39. The van der Waals surface area contributed by atoms with Crippen LogP contribution in [0.4, 0.5) is 5.69 Å². The maximum absolute atomic E-state index is 12.3. The molecule has 0 unspecified atom stereocenters. The lowest BCUT2D eigenvalue weighted by Crippen LogP contribution is -2.07. The van der Waals surface area contributed by atoms with Crippen LogP contribution in [0.1, 0.15) is 5.56 Å². The van der Waals surface area contributed by atoms with Gasteiger partial charge in [0.05, 0.1) is 12.8 Å². The van der Waals surface area contributed by atoms with Crippen molar-refractivity contribution >= 4 is 29.0 Å². The van der Waals surface area contributed by atoms with E-state index in [-0.39, 0.29) is 5.91 Å². The van der Waals surface area contributed by atoms with E-state index in [0.29, 0.717) is 0 Å². The summed E-state index contributed by atoms with van der Waals surface area (Å²) >= 11 is 1.61. The molecule has 4 rings (SSSR count). The van der Waals surface area contributed by atoms with E-state index in [1.54, 1.807) is 24.5 Å². The SMILES string of the molecule is COc1ccc(/C=C/C(=O)Nc2cccc(-c3csc(-c4ccccc4)n3)c2)cc1. The molecule has 3 aromatic carbocycles. The number of carbonyl (C=O) groups excluding carboxylic acids is 1. The molecule has 4 aromatic rings. The fourth-order valence-electron chi connectivity index (χ4n) is 2.95. The van der Waals surface area contributed by atoms with Gasteiger partial charge in [-0.15, -0.1) is 11.3 Å². The molecule has 1 heterocycles. The minimum Gasteiger partial charge on any atom is -0.497 e. The first-order chi connectivity index (χ1) is 14.7. The van der Waals surface area contributed by atoms with Crippen molar-refractivity contribution < 1.29 is 9.53 Å². The van der Waals surface area contributed by atoms with Crippen LogP contribution in [0.5, 0.6) is 5.75 Å². The smallest absolute Gasteiger partial charge is 0.248 e. The molecule has 30 heavy (non-hydrogen) atoms. The highest BCUT2D eigenvalue weighted by Gasteiger charge is 2.07. The molecular weight excluding hydrogens is 392 g/mol. The van der Waals surface area contributed by atoms with E-state index in [1.807, 2.05) is 72.1 Å². The molecule has 5 heteroatoms. The molecule has 0 aliphatic carbocycles. The van der Waals surface area contributed by atoms with E-state index >= 15 is 0 Å². The number of anilines is 1. The van der Waals surface area contributed by atoms with Gasteiger partial charge in [-0.1, -0.05) is 54.6 Å². The molecule has 0 saturated heterocycles. The number of methoxy groups -OCH3 is 1. The second kappa shape index (κ2) is 9.20. The van der Waals surface area contributed by atoms with Crippen LogP contribution in [-0.2, 0) is 4.79 Å². The molecule has 0 fully saturated rings. The molecule has 1 amide bonds. The number of hydrogen-bond donors (Lipinski definition) is 1. The lowest BCUT2D eigenvalue weighted by atomic mass is 10.1. The van der Waals surface area contributed by atoms with Gasteiger partial charge < -0.3 is 10.1 Å². The van der Waals surface area contributed by atoms with Crippen LogP contribution in [-0.4, -0.2) is 18.0 Å². The number of thiazole rings is 1. The van der Waals surface area contributed by atoms with Gasteiger partial charge in [-0.3, -0.25) is 4.79 Å². The molecular formula is C25H20N2O2S. The average molecular weight is 413 g/mol. The molecule has 0 atom stereocenters. The standard InChI is InChI=1S/C25H20N2O2S/c1-29-22-13-10-18(11-14-22)12-15-24(28)26-21-9-5-8-20(16-21)23-17-30-25(27-23)19-6-3-2-4-7-19/h2-17H,1H3,(H,26,28)/b15-12+. The minimum atomic E-state index is -0.189. The predicted octanol–water partition coefficient (Wildman–Crippen LogP) is 6.14. The number of hydrogen-bond acceptors (Lipinski definition) is 4. The first-order valence-corrected chi connectivity index (χ1v) is 10.3. The van der Waals surface area contributed by atoms with Crippen molar-refractivity contribution in [2.75, 3.05) is 12.4 Å². The highest BCUT2D eigenvalue weighted by molar-refractivity contribution is 7.13. The molecule has 0 radical (unpaired) electrons. The lowest BCUT2D eigenvalue weighted by Gasteiger charge is -2.04. The van der Waals surface area contributed by atoms with Crippen molar-refractivity contribution in [3.63, 3.8) is 0 Å². The van der Waals surface area contributed by atoms with Gasteiger partial charge in [0.2, 0.25) is 5.91 Å². The van der Waals surface area contributed by atoms with Crippen LogP contribution in [0.2, 0.25) is 0 Å². The summed E-state index contributed by atoms with van der Waals surface area (Å²) in [5.74, 6) is 0.595. The molecule has 0 saturated carbocycles. The van der Waals surface area contributed by atoms with Crippen LogP contribution in [0, 0.1) is 0 Å². The highest BCUT2D eigenvalue weighted by atomic mass is 32.1. The Hall–Kier alpha value is -3.70. The summed E-state index contributed by atoms with van der Waals surface area (Å²) in [4.78, 5) is 17.1. The summed E-state index contributed by atoms with van der Waals surface area (Å²) in [6, 6.07) is 25.3. The van der Waals surface area contributed by atoms with Crippen LogP contribution in [0.3, 0.4) is 0 Å². The predicted molar refractivity (Wildman–Crippen MR) is 124 cm³/mol. The number of aromatic nitrogens is 1. The average Bonchev–Trinajstić information content (AvgIpc) is 3.29. The van der Waals surface area contributed by atoms with E-state index in [2.05, 4.69) is 17.4 Å². The Bertz CT molecular complexity index is 1170. The normalized spacial score (nSPS) is 10.8. The molecule has 0 aliphatic heterocycles. The van der Waals surface area contributed by atoms with E-state index in [9.17, 15) is 4.79 Å². The van der Waals surface area contributed by atoms with E-state index in [0.717, 1.165) is 38.8 Å².